The van der Waals surface area contributed by atoms with E-state index >= 15 is 0 Å². The van der Waals surface area contributed by atoms with Gasteiger partial charge in [-0.2, -0.15) is 13.2 Å². The third-order valence-corrected chi connectivity index (χ3v) is 2.54. The minimum atomic E-state index is -4.50. The molecule has 7 heteroatoms. The molecule has 0 amide bonds. The number of fused-ring (bicyclic) bond motifs is 1. The summed E-state index contributed by atoms with van der Waals surface area (Å²) in [5.74, 6) is 0.356. The molecule has 2 rings (SSSR count). The van der Waals surface area contributed by atoms with Crippen LogP contribution < -0.4 is 9.47 Å². The summed E-state index contributed by atoms with van der Waals surface area (Å²) in [6.45, 7) is 3.34. The summed E-state index contributed by atoms with van der Waals surface area (Å²) in [4.78, 5) is 4.79. The van der Waals surface area contributed by atoms with Gasteiger partial charge in [-0.25, -0.2) is 0 Å². The van der Waals surface area contributed by atoms with Gasteiger partial charge in [-0.3, -0.25) is 0 Å². The number of rotatable bonds is 3. The average Bonchev–Trinajstić information content (AvgIpc) is 2.80. The molecule has 0 atom stereocenters. The van der Waals surface area contributed by atoms with Crippen molar-refractivity contribution in [1.29, 1.82) is 0 Å². The van der Waals surface area contributed by atoms with E-state index in [-0.39, 0.29) is 36.2 Å². The van der Waals surface area contributed by atoms with Crippen LogP contribution in [0.2, 0.25) is 0 Å². The van der Waals surface area contributed by atoms with E-state index in [0.29, 0.717) is 0 Å². The monoisotopic (exact) mass is 275 g/mol. The Bertz CT molecular complexity index is 512. The number of alkyl halides is 3. The molecule has 0 aromatic heterocycles. The first-order chi connectivity index (χ1) is 8.93. The predicted octanol–water partition coefficient (Wildman–Crippen LogP) is 3.19. The van der Waals surface area contributed by atoms with E-state index in [4.69, 9.17) is 14.3 Å². The quantitative estimate of drug-likeness (QED) is 0.628. The number of ether oxygens (including phenoxy) is 2. The number of oxime groups is 1. The molecule has 1 aromatic carbocycles. The Morgan fingerprint density at radius 1 is 1.32 bits per heavy atom. The molecule has 0 N–H and O–H groups in total. The minimum Gasteiger partial charge on any atom is -0.454 e. The normalized spacial score (nSPS) is 14.7. The molecule has 0 spiro atoms. The van der Waals surface area contributed by atoms with Crippen LogP contribution in [0, 0.1) is 0 Å². The number of hydrogen-bond donors (Lipinski definition) is 0. The molecule has 1 heterocycles. The number of halogens is 3. The minimum absolute atomic E-state index is 0.0785. The summed E-state index contributed by atoms with van der Waals surface area (Å²) in [5, 5.41) is 3.63. The second-order valence-electron chi connectivity index (χ2n) is 3.84. The lowest BCUT2D eigenvalue weighted by molar-refractivity contribution is -0.137. The lowest BCUT2D eigenvalue weighted by Crippen LogP contribution is -2.12. The fourth-order valence-corrected chi connectivity index (χ4v) is 1.69. The van der Waals surface area contributed by atoms with Crippen LogP contribution in [-0.4, -0.2) is 19.1 Å². The fourth-order valence-electron chi connectivity index (χ4n) is 1.69. The maximum Gasteiger partial charge on any atom is 0.417 e. The molecule has 0 aliphatic carbocycles. The second kappa shape index (κ2) is 4.99. The standard InChI is InChI=1S/C12H12F3NO3/c1-3-19-16-7(2)8-4-10-11(18-6-17-10)5-9(8)12(13,14)15/h4-5H,3,6H2,1-2H3. The van der Waals surface area contributed by atoms with E-state index in [2.05, 4.69) is 5.16 Å². The van der Waals surface area contributed by atoms with Gasteiger partial charge >= 0.3 is 6.18 Å². The van der Waals surface area contributed by atoms with Crippen LogP contribution in [0.1, 0.15) is 25.0 Å². The summed E-state index contributed by atoms with van der Waals surface area (Å²) in [6, 6.07) is 2.19. The Kier molecular flexibility index (Phi) is 3.55. The van der Waals surface area contributed by atoms with E-state index in [0.717, 1.165) is 6.07 Å². The van der Waals surface area contributed by atoms with Gasteiger partial charge in [-0.05, 0) is 26.0 Å². The van der Waals surface area contributed by atoms with Crippen molar-refractivity contribution in [3.05, 3.63) is 23.3 Å². The van der Waals surface area contributed by atoms with E-state index in [1.54, 1.807) is 6.92 Å². The SMILES string of the molecule is CCON=C(C)c1cc2c(cc1C(F)(F)F)OCO2. The number of nitrogens with zero attached hydrogens (tertiary/aromatic N) is 1. The van der Waals surface area contributed by atoms with Crippen LogP contribution in [0.15, 0.2) is 17.3 Å². The van der Waals surface area contributed by atoms with Gasteiger partial charge in [0.25, 0.3) is 0 Å². The van der Waals surface area contributed by atoms with Crippen LogP contribution in [-0.2, 0) is 11.0 Å². The lowest BCUT2D eigenvalue weighted by atomic mass is 10.0. The highest BCUT2D eigenvalue weighted by atomic mass is 19.4. The molecule has 104 valence electrons. The van der Waals surface area contributed by atoms with E-state index in [1.807, 2.05) is 0 Å². The molecule has 0 unspecified atom stereocenters. The van der Waals surface area contributed by atoms with Gasteiger partial charge in [-0.15, -0.1) is 0 Å². The molecule has 0 radical (unpaired) electrons. The van der Waals surface area contributed by atoms with Gasteiger partial charge in [0.15, 0.2) is 11.5 Å². The molecule has 0 saturated heterocycles. The second-order valence-corrected chi connectivity index (χ2v) is 3.84. The van der Waals surface area contributed by atoms with Crippen molar-refractivity contribution in [3.8, 4) is 11.5 Å². The highest BCUT2D eigenvalue weighted by Gasteiger charge is 2.36. The Hall–Kier alpha value is -1.92. The van der Waals surface area contributed by atoms with Crippen molar-refractivity contribution in [3.63, 3.8) is 0 Å². The Balaban J connectivity index is 2.51. The van der Waals surface area contributed by atoms with Gasteiger partial charge in [0, 0.05) is 5.56 Å². The predicted molar refractivity (Wildman–Crippen MR) is 61.4 cm³/mol. The van der Waals surface area contributed by atoms with Crippen molar-refractivity contribution >= 4 is 5.71 Å². The lowest BCUT2D eigenvalue weighted by Gasteiger charge is -2.13. The van der Waals surface area contributed by atoms with Crippen LogP contribution in [0.3, 0.4) is 0 Å². The zero-order valence-electron chi connectivity index (χ0n) is 10.4. The summed E-state index contributed by atoms with van der Waals surface area (Å²) >= 11 is 0. The molecule has 0 fully saturated rings. The molecule has 0 saturated carbocycles. The molecule has 19 heavy (non-hydrogen) atoms. The van der Waals surface area contributed by atoms with E-state index < -0.39 is 11.7 Å². The third-order valence-electron chi connectivity index (χ3n) is 2.54. The first-order valence-electron chi connectivity index (χ1n) is 5.61. The van der Waals surface area contributed by atoms with Crippen LogP contribution in [0.5, 0.6) is 11.5 Å². The largest absolute Gasteiger partial charge is 0.454 e. The van der Waals surface area contributed by atoms with Crippen molar-refractivity contribution in [2.24, 2.45) is 5.16 Å². The van der Waals surface area contributed by atoms with Gasteiger partial charge in [-0.1, -0.05) is 5.16 Å². The summed E-state index contributed by atoms with van der Waals surface area (Å²) in [7, 11) is 0. The Morgan fingerprint density at radius 3 is 2.53 bits per heavy atom. The molecule has 1 aliphatic rings. The fraction of sp³-hybridized carbons (Fsp3) is 0.417. The third kappa shape index (κ3) is 2.74. The van der Waals surface area contributed by atoms with Gasteiger partial charge < -0.3 is 14.3 Å². The zero-order chi connectivity index (χ0) is 14.0. The van der Waals surface area contributed by atoms with Gasteiger partial charge in [0.1, 0.15) is 6.61 Å². The van der Waals surface area contributed by atoms with Gasteiger partial charge in [0.05, 0.1) is 11.3 Å². The molecular formula is C12H12F3NO3. The molecule has 1 aromatic rings. The summed E-state index contributed by atoms with van der Waals surface area (Å²) in [5.41, 5.74) is -0.768. The Labute approximate surface area is 107 Å². The van der Waals surface area contributed by atoms with Crippen molar-refractivity contribution in [1.82, 2.24) is 0 Å². The summed E-state index contributed by atoms with van der Waals surface area (Å²) in [6.07, 6.45) is -4.50. The van der Waals surface area contributed by atoms with Crippen molar-refractivity contribution in [2.75, 3.05) is 13.4 Å². The smallest absolute Gasteiger partial charge is 0.417 e. The van der Waals surface area contributed by atoms with Gasteiger partial charge in [0.2, 0.25) is 6.79 Å². The highest BCUT2D eigenvalue weighted by molar-refractivity contribution is 6.00. The van der Waals surface area contributed by atoms with Crippen LogP contribution in [0.25, 0.3) is 0 Å². The molecule has 0 bridgehead atoms. The Morgan fingerprint density at radius 2 is 1.95 bits per heavy atom. The van der Waals surface area contributed by atoms with Crippen molar-refractivity contribution < 1.29 is 27.5 Å². The number of hydrogen-bond acceptors (Lipinski definition) is 4. The first-order valence-corrected chi connectivity index (χ1v) is 5.61. The topological polar surface area (TPSA) is 40.0 Å². The first kappa shape index (κ1) is 13.5. The van der Waals surface area contributed by atoms with Crippen LogP contribution >= 0.6 is 0 Å². The molecule has 1 aliphatic heterocycles. The van der Waals surface area contributed by atoms with Crippen LogP contribution in [0.4, 0.5) is 13.2 Å². The maximum absolute atomic E-state index is 13.0. The van der Waals surface area contributed by atoms with E-state index in [9.17, 15) is 13.2 Å². The van der Waals surface area contributed by atoms with Crippen molar-refractivity contribution in [2.45, 2.75) is 20.0 Å². The molecular weight excluding hydrogens is 263 g/mol. The molecule has 4 nitrogen and oxygen atoms in total. The number of benzene rings is 1. The zero-order valence-corrected chi connectivity index (χ0v) is 10.4. The maximum atomic E-state index is 13.0. The average molecular weight is 275 g/mol. The van der Waals surface area contributed by atoms with E-state index in [1.165, 1.54) is 13.0 Å². The summed E-state index contributed by atoms with van der Waals surface area (Å²) < 4.78 is 49.1. The highest BCUT2D eigenvalue weighted by Crippen LogP contribution is 2.41.